The summed E-state index contributed by atoms with van der Waals surface area (Å²) in [6.07, 6.45) is 0. The van der Waals surface area contributed by atoms with Crippen LogP contribution in [0.3, 0.4) is 0 Å². The Labute approximate surface area is 133 Å². The van der Waals surface area contributed by atoms with Gasteiger partial charge in [0.15, 0.2) is 0 Å². The van der Waals surface area contributed by atoms with E-state index in [1.54, 1.807) is 12.1 Å². The Morgan fingerprint density at radius 3 is 2.65 bits per heavy atom. The van der Waals surface area contributed by atoms with Crippen LogP contribution < -0.4 is 5.32 Å². The molecule has 0 aliphatic heterocycles. The molecule has 20 heavy (non-hydrogen) atoms. The van der Waals surface area contributed by atoms with Crippen molar-refractivity contribution in [3.8, 4) is 0 Å². The Kier molecular flexibility index (Phi) is 4.82. The minimum Gasteiger partial charge on any atom is -0.478 e. The van der Waals surface area contributed by atoms with Crippen LogP contribution in [0.25, 0.3) is 0 Å². The zero-order valence-corrected chi connectivity index (χ0v) is 13.1. The number of carboxylic acids is 1. The third kappa shape index (κ3) is 3.61. The van der Waals surface area contributed by atoms with Gasteiger partial charge in [0.05, 0.1) is 5.56 Å². The molecule has 2 aromatic carbocycles. The molecule has 0 amide bonds. The molecular formula is C14H10ClFINO2. The SMILES string of the molecule is O=C(O)c1ccc(CNc2ccc(Cl)cc2I)cc1F. The molecular weight excluding hydrogens is 396 g/mol. The normalized spacial score (nSPS) is 10.3. The molecule has 0 saturated heterocycles. The predicted octanol–water partition coefficient (Wildman–Crippen LogP) is 4.39. The summed E-state index contributed by atoms with van der Waals surface area (Å²) in [5.41, 5.74) is 1.23. The molecule has 0 unspecified atom stereocenters. The number of benzene rings is 2. The van der Waals surface area contributed by atoms with Gasteiger partial charge in [-0.25, -0.2) is 9.18 Å². The number of halogens is 3. The van der Waals surface area contributed by atoms with E-state index in [1.807, 2.05) is 12.1 Å². The molecule has 0 aliphatic carbocycles. The van der Waals surface area contributed by atoms with E-state index in [9.17, 15) is 9.18 Å². The molecule has 0 aliphatic rings. The Hall–Kier alpha value is -1.34. The van der Waals surface area contributed by atoms with Crippen molar-refractivity contribution in [3.63, 3.8) is 0 Å². The van der Waals surface area contributed by atoms with Crippen molar-refractivity contribution >= 4 is 45.8 Å². The number of hydrogen-bond acceptors (Lipinski definition) is 2. The average Bonchev–Trinajstić information content (AvgIpc) is 2.37. The zero-order valence-electron chi connectivity index (χ0n) is 10.2. The van der Waals surface area contributed by atoms with E-state index in [0.29, 0.717) is 17.1 Å². The summed E-state index contributed by atoms with van der Waals surface area (Å²) in [4.78, 5) is 10.7. The third-order valence-corrected chi connectivity index (χ3v) is 3.81. The maximum atomic E-state index is 13.5. The van der Waals surface area contributed by atoms with Crippen LogP contribution in [0, 0.1) is 9.39 Å². The highest BCUT2D eigenvalue weighted by Gasteiger charge is 2.10. The first-order chi connectivity index (χ1) is 9.47. The number of hydrogen-bond donors (Lipinski definition) is 2. The predicted molar refractivity (Wildman–Crippen MR) is 84.9 cm³/mol. The molecule has 6 heteroatoms. The lowest BCUT2D eigenvalue weighted by Gasteiger charge is -2.09. The van der Waals surface area contributed by atoms with Crippen molar-refractivity contribution in [2.45, 2.75) is 6.54 Å². The van der Waals surface area contributed by atoms with Crippen molar-refractivity contribution in [2.75, 3.05) is 5.32 Å². The van der Waals surface area contributed by atoms with Gasteiger partial charge in [-0.2, -0.15) is 0 Å². The second kappa shape index (κ2) is 6.41. The fraction of sp³-hybridized carbons (Fsp3) is 0.0714. The highest BCUT2D eigenvalue weighted by Crippen LogP contribution is 2.23. The van der Waals surface area contributed by atoms with Gasteiger partial charge in [0, 0.05) is 20.8 Å². The molecule has 104 valence electrons. The van der Waals surface area contributed by atoms with Crippen molar-refractivity contribution in [1.82, 2.24) is 0 Å². The topological polar surface area (TPSA) is 49.3 Å². The Balaban J connectivity index is 2.11. The highest BCUT2D eigenvalue weighted by atomic mass is 127. The van der Waals surface area contributed by atoms with Crippen molar-refractivity contribution in [2.24, 2.45) is 0 Å². The Morgan fingerprint density at radius 1 is 1.30 bits per heavy atom. The molecule has 2 aromatic rings. The number of aromatic carboxylic acids is 1. The maximum absolute atomic E-state index is 13.5. The monoisotopic (exact) mass is 405 g/mol. The summed E-state index contributed by atoms with van der Waals surface area (Å²) in [7, 11) is 0. The lowest BCUT2D eigenvalue weighted by atomic mass is 10.1. The van der Waals surface area contributed by atoms with Gasteiger partial charge in [-0.15, -0.1) is 0 Å². The molecule has 0 spiro atoms. The van der Waals surface area contributed by atoms with Crippen molar-refractivity contribution in [1.29, 1.82) is 0 Å². The van der Waals surface area contributed by atoms with Crippen LogP contribution in [0.2, 0.25) is 5.02 Å². The first-order valence-corrected chi connectivity index (χ1v) is 7.13. The van der Waals surface area contributed by atoms with Crippen LogP contribution >= 0.6 is 34.2 Å². The third-order valence-electron chi connectivity index (χ3n) is 2.68. The van der Waals surface area contributed by atoms with Crippen LogP contribution in [0.5, 0.6) is 0 Å². The maximum Gasteiger partial charge on any atom is 0.338 e. The first kappa shape index (κ1) is 15.1. The molecule has 0 atom stereocenters. The van der Waals surface area contributed by atoms with E-state index < -0.39 is 11.8 Å². The second-order valence-electron chi connectivity index (χ2n) is 4.10. The molecule has 0 bridgehead atoms. The van der Waals surface area contributed by atoms with E-state index in [2.05, 4.69) is 27.9 Å². The fourth-order valence-electron chi connectivity index (χ4n) is 1.67. The minimum atomic E-state index is -1.27. The van der Waals surface area contributed by atoms with Crippen molar-refractivity contribution in [3.05, 3.63) is 61.9 Å². The Bertz CT molecular complexity index is 664. The number of carboxylic acid groups (broad SMARTS) is 1. The summed E-state index contributed by atoms with van der Waals surface area (Å²) in [5.74, 6) is -2.00. The largest absolute Gasteiger partial charge is 0.478 e. The Morgan fingerprint density at radius 2 is 2.05 bits per heavy atom. The number of rotatable bonds is 4. The smallest absolute Gasteiger partial charge is 0.338 e. The van der Waals surface area contributed by atoms with Crippen LogP contribution in [-0.2, 0) is 6.54 Å². The second-order valence-corrected chi connectivity index (χ2v) is 5.70. The van der Waals surface area contributed by atoms with E-state index in [1.165, 1.54) is 12.1 Å². The number of anilines is 1. The van der Waals surface area contributed by atoms with E-state index in [-0.39, 0.29) is 5.56 Å². The van der Waals surface area contributed by atoms with Gasteiger partial charge < -0.3 is 10.4 Å². The van der Waals surface area contributed by atoms with E-state index in [4.69, 9.17) is 16.7 Å². The quantitative estimate of drug-likeness (QED) is 0.742. The summed E-state index contributed by atoms with van der Waals surface area (Å²) in [6.45, 7) is 0.397. The van der Waals surface area contributed by atoms with Gasteiger partial charge in [-0.05, 0) is 58.5 Å². The van der Waals surface area contributed by atoms with E-state index in [0.717, 1.165) is 9.26 Å². The molecule has 0 saturated carbocycles. The van der Waals surface area contributed by atoms with Crippen LogP contribution in [0.1, 0.15) is 15.9 Å². The van der Waals surface area contributed by atoms with Crippen LogP contribution in [0.15, 0.2) is 36.4 Å². The summed E-state index contributed by atoms with van der Waals surface area (Å²) >= 11 is 8.01. The van der Waals surface area contributed by atoms with Crippen LogP contribution in [0.4, 0.5) is 10.1 Å². The first-order valence-electron chi connectivity index (χ1n) is 5.68. The highest BCUT2D eigenvalue weighted by molar-refractivity contribution is 14.1. The summed E-state index contributed by atoms with van der Waals surface area (Å²) < 4.78 is 14.5. The van der Waals surface area contributed by atoms with Gasteiger partial charge in [0.25, 0.3) is 0 Å². The lowest BCUT2D eigenvalue weighted by molar-refractivity contribution is 0.0692. The fourth-order valence-corrected chi connectivity index (χ4v) is 2.73. The summed E-state index contributed by atoms with van der Waals surface area (Å²) in [6, 6.07) is 9.49. The zero-order chi connectivity index (χ0) is 14.7. The van der Waals surface area contributed by atoms with Crippen LogP contribution in [-0.4, -0.2) is 11.1 Å². The molecule has 3 nitrogen and oxygen atoms in total. The molecule has 0 radical (unpaired) electrons. The standard InChI is InChI=1S/C14H10ClFINO2/c15-9-2-4-13(12(17)6-9)18-7-8-1-3-10(14(19)20)11(16)5-8/h1-6,18H,7H2,(H,19,20). The van der Waals surface area contributed by atoms with Gasteiger partial charge >= 0.3 is 5.97 Å². The number of carbonyl (C=O) groups is 1. The summed E-state index contributed by atoms with van der Waals surface area (Å²) in [5, 5.41) is 12.6. The molecule has 0 fully saturated rings. The van der Waals surface area contributed by atoms with Gasteiger partial charge in [0.2, 0.25) is 0 Å². The van der Waals surface area contributed by atoms with Gasteiger partial charge in [0.1, 0.15) is 5.82 Å². The van der Waals surface area contributed by atoms with Gasteiger partial charge in [-0.1, -0.05) is 17.7 Å². The van der Waals surface area contributed by atoms with Gasteiger partial charge in [-0.3, -0.25) is 0 Å². The average molecular weight is 406 g/mol. The molecule has 2 N–H and O–H groups in total. The molecule has 2 rings (SSSR count). The van der Waals surface area contributed by atoms with E-state index >= 15 is 0 Å². The van der Waals surface area contributed by atoms with Crippen molar-refractivity contribution < 1.29 is 14.3 Å². The molecule has 0 heterocycles. The lowest BCUT2D eigenvalue weighted by Crippen LogP contribution is -2.04. The minimum absolute atomic E-state index is 0.324. The number of nitrogens with one attached hydrogen (secondary N) is 1. The molecule has 0 aromatic heterocycles.